The van der Waals surface area contributed by atoms with Crippen molar-refractivity contribution in [1.82, 2.24) is 0 Å². The highest BCUT2D eigenvalue weighted by atomic mass is 32.1. The number of aryl methyl sites for hydroxylation is 1. The molecule has 0 saturated heterocycles. The van der Waals surface area contributed by atoms with Gasteiger partial charge in [0.25, 0.3) is 0 Å². The van der Waals surface area contributed by atoms with E-state index in [2.05, 4.69) is 13.0 Å². The SMILES string of the molecule is [B]c1ccc(CCCCC)s1. The Balaban J connectivity index is 2.27. The number of hydrogen-bond donors (Lipinski definition) is 0. The van der Waals surface area contributed by atoms with Crippen LogP contribution in [-0.2, 0) is 6.42 Å². The second kappa shape index (κ2) is 4.60. The molecule has 0 aliphatic carbocycles. The molecule has 0 fully saturated rings. The first kappa shape index (κ1) is 8.86. The van der Waals surface area contributed by atoms with Crippen molar-refractivity contribution in [3.8, 4) is 0 Å². The Kier molecular flexibility index (Phi) is 3.71. The van der Waals surface area contributed by atoms with Crippen LogP contribution in [0.3, 0.4) is 0 Å². The first-order chi connectivity index (χ1) is 5.33. The summed E-state index contributed by atoms with van der Waals surface area (Å²) in [5.41, 5.74) is 0. The van der Waals surface area contributed by atoms with Gasteiger partial charge < -0.3 is 0 Å². The molecule has 0 aromatic carbocycles. The minimum atomic E-state index is 0.941. The molecule has 1 rings (SSSR count). The van der Waals surface area contributed by atoms with Crippen LogP contribution in [0.25, 0.3) is 0 Å². The van der Waals surface area contributed by atoms with Crippen molar-refractivity contribution in [2.24, 2.45) is 0 Å². The molecule has 2 heteroatoms. The van der Waals surface area contributed by atoms with Gasteiger partial charge in [0.1, 0.15) is 7.85 Å². The highest BCUT2D eigenvalue weighted by Crippen LogP contribution is 2.10. The van der Waals surface area contributed by atoms with Crippen LogP contribution in [0.2, 0.25) is 0 Å². The molecule has 1 aromatic rings. The fourth-order valence-electron chi connectivity index (χ4n) is 1.08. The fourth-order valence-corrected chi connectivity index (χ4v) is 1.90. The Labute approximate surface area is 74.0 Å². The van der Waals surface area contributed by atoms with Gasteiger partial charge in [-0.05, 0) is 23.7 Å². The molecule has 58 valence electrons. The summed E-state index contributed by atoms with van der Waals surface area (Å²) in [6, 6.07) is 4.13. The normalized spacial score (nSPS) is 10.3. The first-order valence-electron chi connectivity index (χ1n) is 4.17. The minimum absolute atomic E-state index is 0.941. The molecule has 0 aliphatic heterocycles. The molecule has 2 radical (unpaired) electrons. The van der Waals surface area contributed by atoms with Gasteiger partial charge >= 0.3 is 0 Å². The van der Waals surface area contributed by atoms with Crippen molar-refractivity contribution >= 4 is 24.0 Å². The van der Waals surface area contributed by atoms with Gasteiger partial charge in [-0.15, -0.1) is 0 Å². The van der Waals surface area contributed by atoms with Crippen LogP contribution in [0.5, 0.6) is 0 Å². The fraction of sp³-hybridized carbons (Fsp3) is 0.556. The van der Waals surface area contributed by atoms with Crippen molar-refractivity contribution in [2.75, 3.05) is 0 Å². The molecule has 0 N–H and O–H groups in total. The summed E-state index contributed by atoms with van der Waals surface area (Å²) < 4.78 is 0.941. The van der Waals surface area contributed by atoms with Crippen molar-refractivity contribution in [3.05, 3.63) is 17.0 Å². The third kappa shape index (κ3) is 3.11. The zero-order valence-corrected chi connectivity index (χ0v) is 7.79. The third-order valence-electron chi connectivity index (χ3n) is 1.71. The van der Waals surface area contributed by atoms with E-state index in [9.17, 15) is 0 Å². The third-order valence-corrected chi connectivity index (χ3v) is 2.68. The summed E-state index contributed by atoms with van der Waals surface area (Å²) in [6.45, 7) is 2.22. The molecule has 1 heterocycles. The molecule has 0 nitrogen and oxygen atoms in total. The average Bonchev–Trinajstić information content (AvgIpc) is 2.37. The van der Waals surface area contributed by atoms with Gasteiger partial charge in [0.2, 0.25) is 0 Å². The van der Waals surface area contributed by atoms with Crippen LogP contribution in [0.4, 0.5) is 0 Å². The number of thiophene rings is 1. The monoisotopic (exact) mass is 164 g/mol. The van der Waals surface area contributed by atoms with Crippen molar-refractivity contribution in [3.63, 3.8) is 0 Å². The number of hydrogen-bond acceptors (Lipinski definition) is 1. The van der Waals surface area contributed by atoms with Gasteiger partial charge in [0.05, 0.1) is 0 Å². The molecule has 0 aliphatic rings. The van der Waals surface area contributed by atoms with E-state index < -0.39 is 0 Å². The van der Waals surface area contributed by atoms with Crippen molar-refractivity contribution < 1.29 is 0 Å². The summed E-state index contributed by atoms with van der Waals surface area (Å²) >= 11 is 1.72. The van der Waals surface area contributed by atoms with Gasteiger partial charge in [-0.3, -0.25) is 0 Å². The van der Waals surface area contributed by atoms with Crippen LogP contribution < -0.4 is 4.78 Å². The standard InChI is InChI=1S/C9H13BS/c1-2-3-4-5-8-6-7-9(10)11-8/h6-7H,2-5H2,1H3. The van der Waals surface area contributed by atoms with Crippen LogP contribution in [-0.4, -0.2) is 7.85 Å². The van der Waals surface area contributed by atoms with Crippen molar-refractivity contribution in [1.29, 1.82) is 0 Å². The Hall–Kier alpha value is -0.235. The molecule has 0 unspecified atom stereocenters. The van der Waals surface area contributed by atoms with E-state index in [0.717, 1.165) is 4.78 Å². The summed E-state index contributed by atoms with van der Waals surface area (Å²) in [5.74, 6) is 0. The van der Waals surface area contributed by atoms with Gasteiger partial charge in [-0.1, -0.05) is 25.8 Å². The van der Waals surface area contributed by atoms with Gasteiger partial charge in [0.15, 0.2) is 0 Å². The van der Waals surface area contributed by atoms with E-state index in [1.54, 1.807) is 11.3 Å². The predicted octanol–water partition coefficient (Wildman–Crippen LogP) is 2.27. The summed E-state index contributed by atoms with van der Waals surface area (Å²) in [7, 11) is 5.60. The second-order valence-corrected chi connectivity index (χ2v) is 3.96. The molecular formula is C9H13BS. The zero-order valence-electron chi connectivity index (χ0n) is 6.97. The molecule has 0 saturated carbocycles. The van der Waals surface area contributed by atoms with Crippen LogP contribution >= 0.6 is 11.3 Å². The Bertz CT molecular complexity index is 205. The number of unbranched alkanes of at least 4 members (excludes halogenated alkanes) is 2. The molecule has 0 bridgehead atoms. The lowest BCUT2D eigenvalue weighted by molar-refractivity contribution is 0.722. The summed E-state index contributed by atoms with van der Waals surface area (Å²) in [6.07, 6.45) is 5.13. The van der Waals surface area contributed by atoms with E-state index >= 15 is 0 Å². The molecule has 0 spiro atoms. The molecule has 0 amide bonds. The van der Waals surface area contributed by atoms with E-state index in [1.165, 1.54) is 30.6 Å². The number of rotatable bonds is 4. The average molecular weight is 164 g/mol. The predicted molar refractivity (Wildman–Crippen MR) is 52.9 cm³/mol. The molecule has 11 heavy (non-hydrogen) atoms. The van der Waals surface area contributed by atoms with E-state index in [0.29, 0.717) is 0 Å². The van der Waals surface area contributed by atoms with Crippen molar-refractivity contribution in [2.45, 2.75) is 32.6 Å². The molecule has 0 atom stereocenters. The highest BCUT2D eigenvalue weighted by Gasteiger charge is 1.94. The topological polar surface area (TPSA) is 0 Å². The van der Waals surface area contributed by atoms with E-state index in [4.69, 9.17) is 7.85 Å². The maximum Gasteiger partial charge on any atom is 0.128 e. The molecule has 1 aromatic heterocycles. The minimum Gasteiger partial charge on any atom is -0.157 e. The largest absolute Gasteiger partial charge is 0.157 e. The summed E-state index contributed by atoms with van der Waals surface area (Å²) in [4.78, 5) is 1.43. The Morgan fingerprint density at radius 1 is 1.36 bits per heavy atom. The van der Waals surface area contributed by atoms with Crippen LogP contribution in [0.1, 0.15) is 31.1 Å². The van der Waals surface area contributed by atoms with Gasteiger partial charge in [-0.2, -0.15) is 11.3 Å². The highest BCUT2D eigenvalue weighted by molar-refractivity contribution is 7.20. The second-order valence-electron chi connectivity index (χ2n) is 2.76. The smallest absolute Gasteiger partial charge is 0.128 e. The van der Waals surface area contributed by atoms with Crippen LogP contribution in [0, 0.1) is 0 Å². The van der Waals surface area contributed by atoms with Gasteiger partial charge in [-0.25, -0.2) is 0 Å². The zero-order chi connectivity index (χ0) is 8.10. The maximum absolute atomic E-state index is 5.60. The molecular weight excluding hydrogens is 151 g/mol. The Morgan fingerprint density at radius 3 is 2.73 bits per heavy atom. The Morgan fingerprint density at radius 2 is 2.18 bits per heavy atom. The first-order valence-corrected chi connectivity index (χ1v) is 4.98. The van der Waals surface area contributed by atoms with E-state index in [1.807, 2.05) is 6.07 Å². The lowest BCUT2D eigenvalue weighted by Crippen LogP contribution is -1.89. The lowest BCUT2D eigenvalue weighted by Gasteiger charge is -1.94. The quantitative estimate of drug-likeness (QED) is 0.473. The summed E-state index contributed by atoms with van der Waals surface area (Å²) in [5, 5.41) is 0. The van der Waals surface area contributed by atoms with E-state index in [-0.39, 0.29) is 0 Å². The van der Waals surface area contributed by atoms with Gasteiger partial charge in [0, 0.05) is 4.88 Å². The lowest BCUT2D eigenvalue weighted by atomic mass is 10.1. The van der Waals surface area contributed by atoms with Crippen LogP contribution in [0.15, 0.2) is 12.1 Å². The maximum atomic E-state index is 5.60.